The van der Waals surface area contributed by atoms with Gasteiger partial charge in [-0.15, -0.1) is 0 Å². The van der Waals surface area contributed by atoms with Crippen molar-refractivity contribution in [2.24, 2.45) is 0 Å². The maximum Gasteiger partial charge on any atom is 0.114 e. The van der Waals surface area contributed by atoms with E-state index in [-0.39, 0.29) is 0 Å². The van der Waals surface area contributed by atoms with Crippen LogP contribution in [0.15, 0.2) is 33.7 Å². The predicted molar refractivity (Wildman–Crippen MR) is 54.9 cm³/mol. The fourth-order valence-corrected chi connectivity index (χ4v) is 1.88. The van der Waals surface area contributed by atoms with Crippen molar-refractivity contribution in [1.29, 1.82) is 0 Å². The number of fused-ring (bicyclic) bond motifs is 1. The lowest BCUT2D eigenvalue weighted by Gasteiger charge is -1.99. The average molecular weight is 288 g/mol. The number of pyridine rings is 2. The Labute approximate surface area is 86.3 Å². The van der Waals surface area contributed by atoms with Crippen LogP contribution in [-0.2, 0) is 0 Å². The van der Waals surface area contributed by atoms with E-state index in [1.165, 1.54) is 0 Å². The SMILES string of the molecule is Brc1cnc(Br)c2ccncc12. The average Bonchev–Trinajstić information content (AvgIpc) is 2.12. The molecular weight excluding hydrogens is 284 g/mol. The second-order valence-corrected chi connectivity index (χ2v) is 3.92. The molecule has 4 heteroatoms. The van der Waals surface area contributed by atoms with Gasteiger partial charge in [-0.2, -0.15) is 0 Å². The largest absolute Gasteiger partial charge is 0.264 e. The first-order chi connectivity index (χ1) is 5.79. The summed E-state index contributed by atoms with van der Waals surface area (Å²) in [5.41, 5.74) is 0. The Hall–Kier alpha value is -0.480. The minimum absolute atomic E-state index is 0.850. The second-order valence-electron chi connectivity index (χ2n) is 2.32. The summed E-state index contributed by atoms with van der Waals surface area (Å²) in [5.74, 6) is 0. The molecule has 0 fully saturated rings. The lowest BCUT2D eigenvalue weighted by Crippen LogP contribution is -1.81. The van der Waals surface area contributed by atoms with Gasteiger partial charge in [0.1, 0.15) is 4.60 Å². The molecule has 0 aliphatic carbocycles. The normalized spacial score (nSPS) is 10.5. The Morgan fingerprint density at radius 1 is 1.08 bits per heavy atom. The van der Waals surface area contributed by atoms with Gasteiger partial charge >= 0.3 is 0 Å². The first-order valence-electron chi connectivity index (χ1n) is 3.33. The third-order valence-corrected chi connectivity index (χ3v) is 2.86. The van der Waals surface area contributed by atoms with Crippen LogP contribution in [0.2, 0.25) is 0 Å². The zero-order valence-corrected chi connectivity index (χ0v) is 9.13. The van der Waals surface area contributed by atoms with Crippen LogP contribution < -0.4 is 0 Å². The highest BCUT2D eigenvalue weighted by atomic mass is 79.9. The standard InChI is InChI=1S/C8H4Br2N2/c9-7-4-12-8(10)5-1-2-11-3-6(5)7/h1-4H. The van der Waals surface area contributed by atoms with Crippen LogP contribution in [0, 0.1) is 0 Å². The Balaban J connectivity index is 2.95. The summed E-state index contributed by atoms with van der Waals surface area (Å²) in [4.78, 5) is 8.19. The van der Waals surface area contributed by atoms with E-state index in [9.17, 15) is 0 Å². The summed E-state index contributed by atoms with van der Waals surface area (Å²) >= 11 is 6.78. The molecule has 0 radical (unpaired) electrons. The first kappa shape index (κ1) is 8.13. The molecule has 0 unspecified atom stereocenters. The van der Waals surface area contributed by atoms with Gasteiger partial charge in [-0.1, -0.05) is 0 Å². The number of rotatable bonds is 0. The van der Waals surface area contributed by atoms with E-state index in [0.717, 1.165) is 19.8 Å². The van der Waals surface area contributed by atoms with Gasteiger partial charge in [-0.25, -0.2) is 4.98 Å². The maximum absolute atomic E-state index is 4.15. The van der Waals surface area contributed by atoms with Gasteiger partial charge in [-0.05, 0) is 37.9 Å². The van der Waals surface area contributed by atoms with E-state index in [0.29, 0.717) is 0 Å². The summed E-state index contributed by atoms with van der Waals surface area (Å²) in [6, 6.07) is 1.93. The Bertz CT molecular complexity index is 388. The molecule has 0 spiro atoms. The van der Waals surface area contributed by atoms with Crippen molar-refractivity contribution in [3.63, 3.8) is 0 Å². The molecule has 0 bridgehead atoms. The van der Waals surface area contributed by atoms with Crippen LogP contribution in [0.25, 0.3) is 10.8 Å². The van der Waals surface area contributed by atoms with Crippen molar-refractivity contribution < 1.29 is 0 Å². The highest BCUT2D eigenvalue weighted by molar-refractivity contribution is 9.11. The van der Waals surface area contributed by atoms with Crippen molar-refractivity contribution in [2.75, 3.05) is 0 Å². The van der Waals surface area contributed by atoms with Crippen molar-refractivity contribution in [2.45, 2.75) is 0 Å². The lowest BCUT2D eigenvalue weighted by atomic mass is 10.2. The summed E-state index contributed by atoms with van der Waals surface area (Å²) < 4.78 is 1.82. The first-order valence-corrected chi connectivity index (χ1v) is 4.91. The second kappa shape index (κ2) is 3.11. The maximum atomic E-state index is 4.15. The topological polar surface area (TPSA) is 25.8 Å². The van der Waals surface area contributed by atoms with E-state index in [1.807, 2.05) is 12.3 Å². The number of aromatic nitrogens is 2. The summed E-state index contributed by atoms with van der Waals surface area (Å²) in [6.07, 6.45) is 5.32. The van der Waals surface area contributed by atoms with Gasteiger partial charge in [0.15, 0.2) is 0 Å². The third kappa shape index (κ3) is 1.25. The Morgan fingerprint density at radius 2 is 1.92 bits per heavy atom. The molecule has 2 rings (SSSR count). The van der Waals surface area contributed by atoms with Crippen LogP contribution >= 0.6 is 31.9 Å². The number of hydrogen-bond acceptors (Lipinski definition) is 2. The van der Waals surface area contributed by atoms with Crippen molar-refractivity contribution >= 4 is 42.6 Å². The quantitative estimate of drug-likeness (QED) is 0.696. The van der Waals surface area contributed by atoms with Crippen molar-refractivity contribution in [3.05, 3.63) is 33.7 Å². The van der Waals surface area contributed by atoms with Crippen LogP contribution in [-0.4, -0.2) is 9.97 Å². The summed E-state index contributed by atoms with van der Waals surface area (Å²) in [6.45, 7) is 0. The molecule has 0 saturated heterocycles. The van der Waals surface area contributed by atoms with Gasteiger partial charge in [0.05, 0.1) is 0 Å². The summed E-state index contributed by atoms with van der Waals surface area (Å²) in [7, 11) is 0. The van der Waals surface area contributed by atoms with Crippen LogP contribution in [0.5, 0.6) is 0 Å². The Kier molecular flexibility index (Phi) is 2.11. The van der Waals surface area contributed by atoms with Gasteiger partial charge in [0, 0.05) is 33.8 Å². The van der Waals surface area contributed by atoms with Gasteiger partial charge in [0.2, 0.25) is 0 Å². The fourth-order valence-electron chi connectivity index (χ4n) is 1.02. The van der Waals surface area contributed by atoms with Gasteiger partial charge in [0.25, 0.3) is 0 Å². The molecule has 0 N–H and O–H groups in total. The number of halogens is 2. The summed E-state index contributed by atoms with van der Waals surface area (Å²) in [5, 5.41) is 2.14. The highest BCUT2D eigenvalue weighted by Crippen LogP contribution is 2.26. The number of nitrogens with zero attached hydrogens (tertiary/aromatic N) is 2. The van der Waals surface area contributed by atoms with Crippen LogP contribution in [0.4, 0.5) is 0 Å². The minimum Gasteiger partial charge on any atom is -0.264 e. The molecule has 2 aromatic rings. The predicted octanol–water partition coefficient (Wildman–Crippen LogP) is 3.15. The molecule has 0 aromatic carbocycles. The monoisotopic (exact) mass is 286 g/mol. The fraction of sp³-hybridized carbons (Fsp3) is 0. The molecule has 2 aromatic heterocycles. The molecule has 12 heavy (non-hydrogen) atoms. The molecule has 0 saturated carbocycles. The van der Waals surface area contributed by atoms with Gasteiger partial charge < -0.3 is 0 Å². The molecule has 0 amide bonds. The zero-order valence-electron chi connectivity index (χ0n) is 5.96. The van der Waals surface area contributed by atoms with E-state index in [1.54, 1.807) is 12.4 Å². The molecule has 0 atom stereocenters. The highest BCUT2D eigenvalue weighted by Gasteiger charge is 2.01. The number of hydrogen-bond donors (Lipinski definition) is 0. The zero-order chi connectivity index (χ0) is 8.55. The lowest BCUT2D eigenvalue weighted by molar-refractivity contribution is 1.28. The molecule has 2 nitrogen and oxygen atoms in total. The smallest absolute Gasteiger partial charge is 0.114 e. The molecular formula is C8H4Br2N2. The van der Waals surface area contributed by atoms with Crippen LogP contribution in [0.3, 0.4) is 0 Å². The van der Waals surface area contributed by atoms with E-state index in [2.05, 4.69) is 41.8 Å². The molecule has 0 aliphatic heterocycles. The molecule has 0 aliphatic rings. The minimum atomic E-state index is 0.850. The molecule has 2 heterocycles. The van der Waals surface area contributed by atoms with Gasteiger partial charge in [-0.3, -0.25) is 4.98 Å². The molecule has 60 valence electrons. The van der Waals surface area contributed by atoms with E-state index < -0.39 is 0 Å². The van der Waals surface area contributed by atoms with Crippen LogP contribution in [0.1, 0.15) is 0 Å². The Morgan fingerprint density at radius 3 is 2.67 bits per heavy atom. The van der Waals surface area contributed by atoms with E-state index >= 15 is 0 Å². The van der Waals surface area contributed by atoms with E-state index in [4.69, 9.17) is 0 Å². The van der Waals surface area contributed by atoms with Crippen molar-refractivity contribution in [1.82, 2.24) is 9.97 Å². The van der Waals surface area contributed by atoms with Crippen molar-refractivity contribution in [3.8, 4) is 0 Å². The third-order valence-electron chi connectivity index (χ3n) is 1.59.